The van der Waals surface area contributed by atoms with Crippen LogP contribution >= 0.6 is 22.7 Å². The minimum atomic E-state index is -0.0691. The lowest BCUT2D eigenvalue weighted by Gasteiger charge is -2.12. The Morgan fingerprint density at radius 3 is 2.73 bits per heavy atom. The molecule has 3 heterocycles. The van der Waals surface area contributed by atoms with Crippen molar-refractivity contribution in [3.05, 3.63) is 64.0 Å². The SMILES string of the molecule is Cc1nc2ccccc2c(C)c1CC(=O)Nc1nc(-c2cccs2)cs1. The molecule has 0 fully saturated rings. The fourth-order valence-corrected chi connectivity index (χ4v) is 4.51. The summed E-state index contributed by atoms with van der Waals surface area (Å²) in [6.07, 6.45) is 0.295. The van der Waals surface area contributed by atoms with Crippen molar-refractivity contribution < 1.29 is 4.79 Å². The summed E-state index contributed by atoms with van der Waals surface area (Å²) >= 11 is 3.08. The first-order valence-electron chi connectivity index (χ1n) is 8.26. The van der Waals surface area contributed by atoms with E-state index in [1.807, 2.05) is 54.1 Å². The molecule has 4 rings (SSSR count). The molecule has 0 saturated carbocycles. The molecule has 6 heteroatoms. The van der Waals surface area contributed by atoms with Crippen LogP contribution in [0.3, 0.4) is 0 Å². The molecule has 0 spiro atoms. The monoisotopic (exact) mass is 379 g/mol. The summed E-state index contributed by atoms with van der Waals surface area (Å²) in [7, 11) is 0. The lowest BCUT2D eigenvalue weighted by molar-refractivity contribution is -0.115. The standard InChI is InChI=1S/C20H17N3OS2/c1-12-14-6-3-4-7-16(14)21-13(2)15(12)10-19(24)23-20-22-17(11-26-20)18-8-5-9-25-18/h3-9,11H,10H2,1-2H3,(H,22,23,24). The Balaban J connectivity index is 1.54. The summed E-state index contributed by atoms with van der Waals surface area (Å²) in [6, 6.07) is 12.0. The lowest BCUT2D eigenvalue weighted by Crippen LogP contribution is -2.16. The third-order valence-electron chi connectivity index (χ3n) is 4.35. The van der Waals surface area contributed by atoms with Crippen molar-refractivity contribution in [2.75, 3.05) is 5.32 Å². The fraction of sp³-hybridized carbons (Fsp3) is 0.150. The summed E-state index contributed by atoms with van der Waals surface area (Å²) < 4.78 is 0. The van der Waals surface area contributed by atoms with Gasteiger partial charge in [0.25, 0.3) is 0 Å². The molecular weight excluding hydrogens is 362 g/mol. The van der Waals surface area contributed by atoms with E-state index < -0.39 is 0 Å². The van der Waals surface area contributed by atoms with Gasteiger partial charge in [-0.05, 0) is 42.5 Å². The maximum atomic E-state index is 12.5. The summed E-state index contributed by atoms with van der Waals surface area (Å²) in [5.41, 5.74) is 4.86. The second-order valence-corrected chi connectivity index (χ2v) is 7.86. The Kier molecular flexibility index (Phi) is 4.53. The van der Waals surface area contributed by atoms with Gasteiger partial charge in [0.05, 0.1) is 22.5 Å². The zero-order chi connectivity index (χ0) is 18.1. The normalized spacial score (nSPS) is 11.0. The molecule has 0 aliphatic heterocycles. The number of benzene rings is 1. The first-order valence-corrected chi connectivity index (χ1v) is 10.0. The highest BCUT2D eigenvalue weighted by molar-refractivity contribution is 7.16. The number of rotatable bonds is 4. The third kappa shape index (κ3) is 3.25. The van der Waals surface area contributed by atoms with Crippen LogP contribution in [0, 0.1) is 13.8 Å². The van der Waals surface area contributed by atoms with Gasteiger partial charge >= 0.3 is 0 Å². The summed E-state index contributed by atoms with van der Waals surface area (Å²) in [4.78, 5) is 22.8. The first kappa shape index (κ1) is 16.9. The maximum absolute atomic E-state index is 12.5. The van der Waals surface area contributed by atoms with Gasteiger partial charge in [0.1, 0.15) is 0 Å². The highest BCUT2D eigenvalue weighted by atomic mass is 32.1. The van der Waals surface area contributed by atoms with Crippen molar-refractivity contribution >= 4 is 44.6 Å². The topological polar surface area (TPSA) is 54.9 Å². The largest absolute Gasteiger partial charge is 0.302 e. The molecule has 0 aliphatic carbocycles. The molecule has 0 aliphatic rings. The van der Waals surface area contributed by atoms with E-state index in [-0.39, 0.29) is 5.91 Å². The molecule has 130 valence electrons. The Bertz CT molecular complexity index is 1080. The van der Waals surface area contributed by atoms with E-state index in [9.17, 15) is 4.79 Å². The highest BCUT2D eigenvalue weighted by Crippen LogP contribution is 2.28. The van der Waals surface area contributed by atoms with E-state index in [0.717, 1.165) is 38.3 Å². The molecule has 1 N–H and O–H groups in total. The number of pyridine rings is 1. The molecule has 0 bridgehead atoms. The number of carbonyl (C=O) groups excluding carboxylic acids is 1. The summed E-state index contributed by atoms with van der Waals surface area (Å²) in [5.74, 6) is -0.0691. The van der Waals surface area contributed by atoms with E-state index >= 15 is 0 Å². The van der Waals surface area contributed by atoms with Crippen LogP contribution in [-0.4, -0.2) is 15.9 Å². The van der Waals surface area contributed by atoms with Crippen molar-refractivity contribution in [1.29, 1.82) is 0 Å². The maximum Gasteiger partial charge on any atom is 0.230 e. The van der Waals surface area contributed by atoms with Gasteiger partial charge in [-0.15, -0.1) is 22.7 Å². The molecule has 4 nitrogen and oxygen atoms in total. The number of para-hydroxylation sites is 1. The number of aromatic nitrogens is 2. The molecule has 0 radical (unpaired) electrons. The number of aryl methyl sites for hydroxylation is 2. The number of thiazole rings is 1. The van der Waals surface area contributed by atoms with Crippen LogP contribution in [0.2, 0.25) is 0 Å². The van der Waals surface area contributed by atoms with Gasteiger partial charge in [0.15, 0.2) is 5.13 Å². The van der Waals surface area contributed by atoms with Gasteiger partial charge < -0.3 is 5.32 Å². The van der Waals surface area contributed by atoms with Crippen molar-refractivity contribution in [3.8, 4) is 10.6 Å². The van der Waals surface area contributed by atoms with Crippen molar-refractivity contribution in [2.24, 2.45) is 0 Å². The molecule has 0 saturated heterocycles. The number of anilines is 1. The number of nitrogens with zero attached hydrogens (tertiary/aromatic N) is 2. The molecule has 0 atom stereocenters. The summed E-state index contributed by atoms with van der Waals surface area (Å²) in [5, 5.41) is 8.63. The van der Waals surface area contributed by atoms with Crippen molar-refractivity contribution in [3.63, 3.8) is 0 Å². The minimum absolute atomic E-state index is 0.0691. The molecule has 4 aromatic rings. The van der Waals surface area contributed by atoms with Gasteiger partial charge in [0.2, 0.25) is 5.91 Å². The van der Waals surface area contributed by atoms with E-state index in [0.29, 0.717) is 11.6 Å². The van der Waals surface area contributed by atoms with Crippen LogP contribution in [0.25, 0.3) is 21.5 Å². The Hall–Kier alpha value is -2.57. The molecule has 0 unspecified atom stereocenters. The zero-order valence-corrected chi connectivity index (χ0v) is 16.1. The number of amides is 1. The molecule has 26 heavy (non-hydrogen) atoms. The Labute approximate surface area is 159 Å². The lowest BCUT2D eigenvalue weighted by atomic mass is 9.99. The van der Waals surface area contributed by atoms with Gasteiger partial charge in [-0.2, -0.15) is 0 Å². The van der Waals surface area contributed by atoms with E-state index in [2.05, 4.69) is 22.2 Å². The minimum Gasteiger partial charge on any atom is -0.302 e. The van der Waals surface area contributed by atoms with Gasteiger partial charge in [-0.25, -0.2) is 4.98 Å². The van der Waals surface area contributed by atoms with Gasteiger partial charge in [-0.1, -0.05) is 24.3 Å². The number of fused-ring (bicyclic) bond motifs is 1. The highest BCUT2D eigenvalue weighted by Gasteiger charge is 2.14. The first-order chi connectivity index (χ1) is 12.6. The van der Waals surface area contributed by atoms with E-state index in [4.69, 9.17) is 0 Å². The van der Waals surface area contributed by atoms with Crippen molar-refractivity contribution in [1.82, 2.24) is 9.97 Å². The number of hydrogen-bond donors (Lipinski definition) is 1. The van der Waals surface area contributed by atoms with Crippen LogP contribution in [0.4, 0.5) is 5.13 Å². The Morgan fingerprint density at radius 2 is 1.92 bits per heavy atom. The van der Waals surface area contributed by atoms with Crippen LogP contribution in [0.15, 0.2) is 47.2 Å². The average Bonchev–Trinajstić information content (AvgIpc) is 3.30. The van der Waals surface area contributed by atoms with E-state index in [1.54, 1.807) is 11.3 Å². The second-order valence-electron chi connectivity index (χ2n) is 6.06. The number of hydrogen-bond acceptors (Lipinski definition) is 5. The van der Waals surface area contributed by atoms with Crippen molar-refractivity contribution in [2.45, 2.75) is 20.3 Å². The predicted octanol–water partition coefficient (Wildman–Crippen LogP) is 5.22. The third-order valence-corrected chi connectivity index (χ3v) is 6.00. The smallest absolute Gasteiger partial charge is 0.230 e. The average molecular weight is 380 g/mol. The Morgan fingerprint density at radius 1 is 1.08 bits per heavy atom. The van der Waals surface area contributed by atoms with E-state index in [1.165, 1.54) is 11.3 Å². The number of nitrogens with one attached hydrogen (secondary N) is 1. The number of thiophene rings is 1. The fourth-order valence-electron chi connectivity index (χ4n) is 3.02. The van der Waals surface area contributed by atoms with Crippen LogP contribution < -0.4 is 5.32 Å². The van der Waals surface area contributed by atoms with Crippen LogP contribution in [0.1, 0.15) is 16.8 Å². The van der Waals surface area contributed by atoms with Gasteiger partial charge in [0, 0.05) is 16.5 Å². The van der Waals surface area contributed by atoms with Crippen LogP contribution in [0.5, 0.6) is 0 Å². The molecular formula is C20H17N3OS2. The second kappa shape index (κ2) is 6.97. The van der Waals surface area contributed by atoms with Crippen LogP contribution in [-0.2, 0) is 11.2 Å². The number of carbonyl (C=O) groups is 1. The van der Waals surface area contributed by atoms with Gasteiger partial charge in [-0.3, -0.25) is 9.78 Å². The quantitative estimate of drug-likeness (QED) is 0.529. The predicted molar refractivity (Wildman–Crippen MR) is 109 cm³/mol. The molecule has 3 aromatic heterocycles. The molecule has 1 amide bonds. The zero-order valence-electron chi connectivity index (χ0n) is 14.4. The molecule has 1 aromatic carbocycles. The summed E-state index contributed by atoms with van der Waals surface area (Å²) in [6.45, 7) is 4.01.